The van der Waals surface area contributed by atoms with E-state index in [9.17, 15) is 0 Å². The number of nitrogens with one attached hydrogen (secondary N) is 2. The second kappa shape index (κ2) is 6.61. The van der Waals surface area contributed by atoms with Crippen LogP contribution < -0.4 is 10.6 Å². The van der Waals surface area contributed by atoms with Crippen LogP contribution in [0.5, 0.6) is 0 Å². The molecule has 0 aromatic carbocycles. The van der Waals surface area contributed by atoms with Crippen molar-refractivity contribution < 1.29 is 0 Å². The van der Waals surface area contributed by atoms with Crippen LogP contribution in [0.25, 0.3) is 0 Å². The zero-order valence-electron chi connectivity index (χ0n) is 10.8. The first kappa shape index (κ1) is 12.4. The van der Waals surface area contributed by atoms with Gasteiger partial charge in [0.2, 0.25) is 0 Å². The summed E-state index contributed by atoms with van der Waals surface area (Å²) in [6.45, 7) is 6.12. The number of hydrogen-bond donors (Lipinski definition) is 2. The third kappa shape index (κ3) is 4.06. The van der Waals surface area contributed by atoms with E-state index in [1.807, 2.05) is 0 Å². The van der Waals surface area contributed by atoms with E-state index in [-0.39, 0.29) is 0 Å². The highest BCUT2D eigenvalue weighted by molar-refractivity contribution is 4.77. The summed E-state index contributed by atoms with van der Waals surface area (Å²) >= 11 is 0. The van der Waals surface area contributed by atoms with Gasteiger partial charge in [-0.1, -0.05) is 19.8 Å². The van der Waals surface area contributed by atoms with Crippen molar-refractivity contribution in [2.75, 3.05) is 19.6 Å². The Kier molecular flexibility index (Phi) is 5.11. The molecule has 1 heterocycles. The largest absolute Gasteiger partial charge is 0.316 e. The van der Waals surface area contributed by atoms with E-state index in [2.05, 4.69) is 17.6 Å². The maximum absolute atomic E-state index is 3.81. The van der Waals surface area contributed by atoms with Crippen molar-refractivity contribution in [2.45, 2.75) is 57.9 Å². The van der Waals surface area contributed by atoms with Crippen LogP contribution >= 0.6 is 0 Å². The molecular weight excluding hydrogens is 196 g/mol. The van der Waals surface area contributed by atoms with Gasteiger partial charge in [0.1, 0.15) is 0 Å². The van der Waals surface area contributed by atoms with Gasteiger partial charge >= 0.3 is 0 Å². The first-order valence-corrected chi connectivity index (χ1v) is 7.28. The molecule has 1 aliphatic heterocycles. The lowest BCUT2D eigenvalue weighted by atomic mass is 9.98. The van der Waals surface area contributed by atoms with E-state index in [0.29, 0.717) is 0 Å². The lowest BCUT2D eigenvalue weighted by molar-refractivity contribution is 0.332. The van der Waals surface area contributed by atoms with Crippen molar-refractivity contribution in [2.24, 2.45) is 11.8 Å². The summed E-state index contributed by atoms with van der Waals surface area (Å²) in [5.74, 6) is 1.84. The minimum absolute atomic E-state index is 0.812. The molecule has 0 bridgehead atoms. The summed E-state index contributed by atoms with van der Waals surface area (Å²) < 4.78 is 0. The molecule has 1 saturated heterocycles. The summed E-state index contributed by atoms with van der Waals surface area (Å²) in [5, 5.41) is 7.31. The fourth-order valence-electron chi connectivity index (χ4n) is 3.12. The molecule has 0 aromatic rings. The first-order chi connectivity index (χ1) is 7.84. The van der Waals surface area contributed by atoms with E-state index < -0.39 is 0 Å². The van der Waals surface area contributed by atoms with Crippen molar-refractivity contribution in [1.82, 2.24) is 10.6 Å². The summed E-state index contributed by atoms with van der Waals surface area (Å²) in [4.78, 5) is 0. The third-order valence-corrected chi connectivity index (χ3v) is 4.35. The monoisotopic (exact) mass is 224 g/mol. The molecule has 0 amide bonds. The first-order valence-electron chi connectivity index (χ1n) is 7.28. The van der Waals surface area contributed by atoms with Crippen LogP contribution in [0, 0.1) is 11.8 Å². The third-order valence-electron chi connectivity index (χ3n) is 4.35. The molecule has 1 aliphatic carbocycles. The fraction of sp³-hybridized carbons (Fsp3) is 1.00. The van der Waals surface area contributed by atoms with Crippen LogP contribution in [-0.4, -0.2) is 25.7 Å². The van der Waals surface area contributed by atoms with Gasteiger partial charge in [-0.05, 0) is 63.6 Å². The zero-order chi connectivity index (χ0) is 11.2. The van der Waals surface area contributed by atoms with Gasteiger partial charge in [-0.25, -0.2) is 0 Å². The quantitative estimate of drug-likeness (QED) is 0.720. The van der Waals surface area contributed by atoms with Gasteiger partial charge in [-0.3, -0.25) is 0 Å². The van der Waals surface area contributed by atoms with E-state index >= 15 is 0 Å². The molecule has 2 fully saturated rings. The molecule has 0 spiro atoms. The Balaban J connectivity index is 1.64. The van der Waals surface area contributed by atoms with E-state index in [4.69, 9.17) is 0 Å². The average Bonchev–Trinajstić information content (AvgIpc) is 2.53. The maximum Gasteiger partial charge on any atom is 0.00672 e. The van der Waals surface area contributed by atoms with Crippen LogP contribution in [0.4, 0.5) is 0 Å². The summed E-state index contributed by atoms with van der Waals surface area (Å²) in [6, 6.07) is 0.812. The molecular formula is C14H28N2. The standard InChI is InChI=1S/C14H28N2/c1-12-4-2-6-14(8-7-12)16-11-13-5-3-9-15-10-13/h12-16H,2-11H2,1H3. The smallest absolute Gasteiger partial charge is 0.00672 e. The SMILES string of the molecule is CC1CCCC(NCC2CCCNC2)CC1. The molecule has 2 rings (SSSR count). The lowest BCUT2D eigenvalue weighted by Gasteiger charge is -2.25. The van der Waals surface area contributed by atoms with Crippen molar-refractivity contribution in [3.05, 3.63) is 0 Å². The van der Waals surface area contributed by atoms with E-state index in [1.165, 1.54) is 64.6 Å². The molecule has 3 unspecified atom stereocenters. The number of hydrogen-bond acceptors (Lipinski definition) is 2. The van der Waals surface area contributed by atoms with Crippen LogP contribution in [0.2, 0.25) is 0 Å². The minimum Gasteiger partial charge on any atom is -0.316 e. The molecule has 2 aliphatic rings. The van der Waals surface area contributed by atoms with Gasteiger partial charge in [-0.15, -0.1) is 0 Å². The van der Waals surface area contributed by atoms with Gasteiger partial charge in [-0.2, -0.15) is 0 Å². The molecule has 2 heteroatoms. The van der Waals surface area contributed by atoms with Gasteiger partial charge in [0.05, 0.1) is 0 Å². The molecule has 2 N–H and O–H groups in total. The summed E-state index contributed by atoms with van der Waals surface area (Å²) in [7, 11) is 0. The predicted octanol–water partition coefficient (Wildman–Crippen LogP) is 2.54. The van der Waals surface area contributed by atoms with Crippen LogP contribution in [0.3, 0.4) is 0 Å². The Morgan fingerprint density at radius 1 is 1.06 bits per heavy atom. The van der Waals surface area contributed by atoms with Crippen molar-refractivity contribution in [1.29, 1.82) is 0 Å². The van der Waals surface area contributed by atoms with Crippen LogP contribution in [-0.2, 0) is 0 Å². The van der Waals surface area contributed by atoms with Gasteiger partial charge in [0.15, 0.2) is 0 Å². The Hall–Kier alpha value is -0.0800. The Morgan fingerprint density at radius 3 is 2.81 bits per heavy atom. The lowest BCUT2D eigenvalue weighted by Crippen LogP contribution is -2.39. The topological polar surface area (TPSA) is 24.1 Å². The van der Waals surface area contributed by atoms with Gasteiger partial charge < -0.3 is 10.6 Å². The fourth-order valence-corrected chi connectivity index (χ4v) is 3.12. The van der Waals surface area contributed by atoms with Gasteiger partial charge in [0, 0.05) is 6.04 Å². The Bertz CT molecular complexity index is 187. The molecule has 2 nitrogen and oxygen atoms in total. The Labute approximate surface area is 101 Å². The van der Waals surface area contributed by atoms with E-state index in [0.717, 1.165) is 17.9 Å². The summed E-state index contributed by atoms with van der Waals surface area (Å²) in [5.41, 5.74) is 0. The maximum atomic E-state index is 3.81. The van der Waals surface area contributed by atoms with Gasteiger partial charge in [0.25, 0.3) is 0 Å². The molecule has 1 saturated carbocycles. The molecule has 94 valence electrons. The van der Waals surface area contributed by atoms with Crippen molar-refractivity contribution in [3.63, 3.8) is 0 Å². The normalized spacial score (nSPS) is 36.9. The molecule has 0 aromatic heterocycles. The Morgan fingerprint density at radius 2 is 2.00 bits per heavy atom. The van der Waals surface area contributed by atoms with Crippen molar-refractivity contribution in [3.8, 4) is 0 Å². The minimum atomic E-state index is 0.812. The number of rotatable bonds is 3. The number of piperidine rings is 1. The second-order valence-corrected chi connectivity index (χ2v) is 5.93. The molecule has 3 atom stereocenters. The zero-order valence-corrected chi connectivity index (χ0v) is 10.8. The second-order valence-electron chi connectivity index (χ2n) is 5.93. The van der Waals surface area contributed by atoms with Crippen LogP contribution in [0.15, 0.2) is 0 Å². The van der Waals surface area contributed by atoms with Crippen LogP contribution in [0.1, 0.15) is 51.9 Å². The highest BCUT2D eigenvalue weighted by Crippen LogP contribution is 2.22. The summed E-state index contributed by atoms with van der Waals surface area (Å²) in [6.07, 6.45) is 9.91. The molecule has 0 radical (unpaired) electrons. The molecule has 16 heavy (non-hydrogen) atoms. The van der Waals surface area contributed by atoms with E-state index in [1.54, 1.807) is 0 Å². The predicted molar refractivity (Wildman–Crippen MR) is 69.6 cm³/mol. The highest BCUT2D eigenvalue weighted by Gasteiger charge is 2.18. The van der Waals surface area contributed by atoms with Crippen molar-refractivity contribution >= 4 is 0 Å². The highest BCUT2D eigenvalue weighted by atomic mass is 14.9. The average molecular weight is 224 g/mol.